The van der Waals surface area contributed by atoms with Gasteiger partial charge >= 0.3 is 6.01 Å². The summed E-state index contributed by atoms with van der Waals surface area (Å²) in [4.78, 5) is 66.9. The smallest absolute Gasteiger partial charge is 0.319 e. The van der Waals surface area contributed by atoms with Gasteiger partial charge in [0, 0.05) is 74.2 Å². The lowest BCUT2D eigenvalue weighted by Gasteiger charge is -2.35. The predicted molar refractivity (Wildman–Crippen MR) is 320 cm³/mol. The Morgan fingerprint density at radius 2 is 1.64 bits per heavy atom. The number of β-amino-alcohol motifs (C(OH)–C–C–N with tert-alkyl or cyclic N) is 1. The van der Waals surface area contributed by atoms with Gasteiger partial charge in [0.1, 0.15) is 40.7 Å². The van der Waals surface area contributed by atoms with Crippen molar-refractivity contribution in [3.8, 4) is 45.8 Å². The third kappa shape index (κ3) is 13.7. The van der Waals surface area contributed by atoms with Crippen LogP contribution in [0.5, 0.6) is 11.8 Å². The number of nitrogens with zero attached hydrogens (tertiary/aromatic N) is 7. The molecule has 6 aromatic rings. The van der Waals surface area contributed by atoms with E-state index in [1.54, 1.807) is 17.5 Å². The molecule has 10 rings (SSSR count). The van der Waals surface area contributed by atoms with Crippen molar-refractivity contribution >= 4 is 56.6 Å². The number of piperazine rings is 1. The van der Waals surface area contributed by atoms with E-state index in [-0.39, 0.29) is 94.2 Å². The van der Waals surface area contributed by atoms with E-state index < -0.39 is 35.2 Å². The van der Waals surface area contributed by atoms with Gasteiger partial charge in [-0.1, -0.05) is 95.5 Å². The van der Waals surface area contributed by atoms with Crippen LogP contribution in [0.15, 0.2) is 60.2 Å². The molecule has 3 amide bonds. The molecule has 0 radical (unpaired) electrons. The zero-order chi connectivity index (χ0) is 58.5. The number of benzene rings is 3. The van der Waals surface area contributed by atoms with Crippen LogP contribution < -0.4 is 25.6 Å². The van der Waals surface area contributed by atoms with Gasteiger partial charge in [0.25, 0.3) is 0 Å². The van der Waals surface area contributed by atoms with Crippen LogP contribution in [0.2, 0.25) is 0 Å². The quantitative estimate of drug-likeness (QED) is 0.0318. The Morgan fingerprint density at radius 3 is 2.34 bits per heavy atom. The first-order valence-electron chi connectivity index (χ1n) is 29.7. The number of hydrogen-bond donors (Lipinski definition) is 5. The van der Waals surface area contributed by atoms with Crippen LogP contribution >= 0.6 is 11.3 Å². The molecule has 0 aliphatic carbocycles. The van der Waals surface area contributed by atoms with E-state index in [1.165, 1.54) is 29.2 Å². The second-order valence-corrected chi connectivity index (χ2v) is 25.3. The Balaban J connectivity index is 0.649. The third-order valence-electron chi connectivity index (χ3n) is 17.1. The van der Waals surface area contributed by atoms with Crippen molar-refractivity contribution < 1.29 is 38.1 Å². The summed E-state index contributed by atoms with van der Waals surface area (Å²) in [6.07, 6.45) is 18.1. The van der Waals surface area contributed by atoms with Crippen molar-refractivity contribution in [2.24, 2.45) is 11.3 Å². The summed E-state index contributed by atoms with van der Waals surface area (Å²) in [5.74, 6) is 0.790. The number of phenolic OH excluding ortho intramolecular Hbond substituents is 1. The minimum atomic E-state index is -0.867. The highest BCUT2D eigenvalue weighted by atomic mass is 32.1. The van der Waals surface area contributed by atoms with E-state index in [9.17, 15) is 24.6 Å². The summed E-state index contributed by atoms with van der Waals surface area (Å²) < 4.78 is 38.4. The number of hydrogen-bond acceptors (Lipinski definition) is 14. The molecule has 3 aromatic heterocycles. The molecule has 3 unspecified atom stereocenters. The van der Waals surface area contributed by atoms with E-state index >= 15 is 8.78 Å². The van der Waals surface area contributed by atoms with Crippen molar-refractivity contribution in [3.05, 3.63) is 88.7 Å². The van der Waals surface area contributed by atoms with Gasteiger partial charge in [0.05, 0.1) is 45.8 Å². The van der Waals surface area contributed by atoms with Gasteiger partial charge in [-0.25, -0.2) is 13.8 Å². The van der Waals surface area contributed by atoms with Crippen LogP contribution in [0.4, 0.5) is 14.6 Å². The number of fused-ring (bicyclic) bond motifs is 4. The molecule has 3 aromatic carbocycles. The molecule has 4 aliphatic rings. The number of halogens is 2. The second-order valence-electron chi connectivity index (χ2n) is 24.4. The highest BCUT2D eigenvalue weighted by Gasteiger charge is 2.45. The number of carbonyl (C=O) groups excluding carboxylic acids is 3. The monoisotopic (exact) mass is 1150 g/mol. The standard InChI is InChI=1S/C64H78F2N10O6S/c1-7-48-51(65)24-21-43-28-46(77)29-49(54(43)48)56-55(66)57-50(31-67-56)60(75-33-44-22-23-45(34-75)70-44)73-63(72-57)82-36-40-25-27-74(32-40)26-15-13-11-9-8-10-12-14-16-53(79)71-59(64(4,5)6)62(81)76-35-47(78)30-52(76)61(80)69-38(2)41-17-19-42(20-18-41)58-39(3)68-37-83-58/h1,17-21,24,28-29,31,37-38,40,44-45,47,52,59,70,77-78H,8-16,22-23,25-27,30,32-36H2,2-6H3,(H,69,80)(H,71,79)/t38-,40?,44?,45?,47+,52-,59+/m0/s1. The molecule has 440 valence electrons. The van der Waals surface area contributed by atoms with E-state index in [1.807, 2.05) is 64.4 Å². The molecule has 4 fully saturated rings. The van der Waals surface area contributed by atoms with Crippen molar-refractivity contribution in [3.63, 3.8) is 0 Å². The normalized spacial score (nSPS) is 20.7. The summed E-state index contributed by atoms with van der Waals surface area (Å²) in [5, 5.41) is 32.3. The first-order valence-corrected chi connectivity index (χ1v) is 30.5. The number of rotatable bonds is 22. The van der Waals surface area contributed by atoms with Gasteiger partial charge < -0.3 is 45.6 Å². The maximum absolute atomic E-state index is 17.1. The lowest BCUT2D eigenvalue weighted by atomic mass is 9.85. The Bertz CT molecular complexity index is 3350. The minimum absolute atomic E-state index is 0.0199. The van der Waals surface area contributed by atoms with Crippen LogP contribution in [0, 0.1) is 42.2 Å². The van der Waals surface area contributed by atoms with Gasteiger partial charge in [-0.05, 0) is 99.2 Å². The van der Waals surface area contributed by atoms with Crippen LogP contribution in [0.1, 0.15) is 134 Å². The number of pyridine rings is 1. The number of thiazole rings is 1. The molecule has 19 heteroatoms. The summed E-state index contributed by atoms with van der Waals surface area (Å²) in [6, 6.07) is 12.1. The van der Waals surface area contributed by atoms with Gasteiger partial charge in [0.15, 0.2) is 5.82 Å². The number of terminal acetylenes is 1. The van der Waals surface area contributed by atoms with Crippen LogP contribution in [0.3, 0.4) is 0 Å². The van der Waals surface area contributed by atoms with E-state index in [4.69, 9.17) is 16.1 Å². The van der Waals surface area contributed by atoms with Gasteiger partial charge in [-0.15, -0.1) is 17.8 Å². The largest absolute Gasteiger partial charge is 0.508 e. The average Bonchev–Trinajstić information content (AvgIpc) is 3.24. The number of aliphatic hydroxyl groups excluding tert-OH is 1. The maximum Gasteiger partial charge on any atom is 0.319 e. The number of aliphatic hydroxyl groups is 1. The Kier molecular flexibility index (Phi) is 18.6. The minimum Gasteiger partial charge on any atom is -0.508 e. The van der Waals surface area contributed by atoms with Crippen molar-refractivity contribution in [1.82, 2.24) is 45.7 Å². The van der Waals surface area contributed by atoms with Crippen LogP contribution in [-0.4, -0.2) is 134 Å². The molecule has 7 heterocycles. The number of likely N-dealkylation sites (tertiary alicyclic amines) is 2. The number of anilines is 1. The fourth-order valence-corrected chi connectivity index (χ4v) is 13.4. The van der Waals surface area contributed by atoms with Crippen LogP contribution in [-0.2, 0) is 14.4 Å². The summed E-state index contributed by atoms with van der Waals surface area (Å²) in [7, 11) is 0. The Morgan fingerprint density at radius 1 is 0.916 bits per heavy atom. The molecule has 7 atom stereocenters. The highest BCUT2D eigenvalue weighted by Crippen LogP contribution is 2.40. The number of ether oxygens (including phenoxy) is 1. The highest BCUT2D eigenvalue weighted by molar-refractivity contribution is 7.13. The Labute approximate surface area is 489 Å². The summed E-state index contributed by atoms with van der Waals surface area (Å²) in [6.45, 7) is 14.2. The number of unbranched alkanes of at least 4 members (excludes halogenated alkanes) is 7. The number of aromatic nitrogens is 4. The first-order chi connectivity index (χ1) is 39.9. The number of aryl methyl sites for hydroxylation is 1. The van der Waals surface area contributed by atoms with E-state index in [2.05, 4.69) is 46.6 Å². The average molecular weight is 1150 g/mol. The number of aromatic hydroxyl groups is 1. The summed E-state index contributed by atoms with van der Waals surface area (Å²) >= 11 is 1.58. The van der Waals surface area contributed by atoms with Crippen molar-refractivity contribution in [2.75, 3.05) is 50.8 Å². The third-order valence-corrected chi connectivity index (χ3v) is 18.1. The molecule has 5 N–H and O–H groups in total. The number of nitrogens with one attached hydrogen (secondary N) is 3. The Hall–Kier alpha value is -6.85. The molecular weight excluding hydrogens is 1070 g/mol. The molecule has 83 heavy (non-hydrogen) atoms. The van der Waals surface area contributed by atoms with Crippen molar-refractivity contribution in [1.29, 1.82) is 0 Å². The van der Waals surface area contributed by atoms with Crippen molar-refractivity contribution in [2.45, 2.75) is 154 Å². The molecule has 4 aliphatic heterocycles. The number of phenols is 1. The summed E-state index contributed by atoms with van der Waals surface area (Å²) in [5.41, 5.74) is 4.15. The fraction of sp³-hybridized carbons (Fsp3) is 0.516. The molecule has 4 saturated heterocycles. The zero-order valence-corrected chi connectivity index (χ0v) is 49.2. The topological polar surface area (TPSA) is 198 Å². The second kappa shape index (κ2) is 26.0. The molecule has 0 spiro atoms. The van der Waals surface area contributed by atoms with Crippen LogP contribution in [0.25, 0.3) is 43.4 Å². The maximum atomic E-state index is 17.1. The molecule has 16 nitrogen and oxygen atoms in total. The zero-order valence-electron chi connectivity index (χ0n) is 48.4. The van der Waals surface area contributed by atoms with E-state index in [0.29, 0.717) is 49.1 Å². The predicted octanol–water partition coefficient (Wildman–Crippen LogP) is 9.76. The molecular formula is C64H78F2N10O6S. The number of carbonyl (C=O) groups is 3. The van der Waals surface area contributed by atoms with Gasteiger partial charge in [0.2, 0.25) is 17.7 Å². The SMILES string of the molecule is C#Cc1c(F)ccc2cc(O)cc(-c3ncc4c(N5CC6CCC(C5)N6)nc(OCC5CCN(CCCCCCCCCCC(=O)N[C@H](C(=O)N6C[C@H](O)C[C@H]6C(=O)N[C@@H](C)c6ccc(-c7scnc7C)cc6)C(C)(C)C)C5)nc4c3F)c12. The van der Waals surface area contributed by atoms with Gasteiger partial charge in [-0.3, -0.25) is 19.4 Å². The number of amides is 3. The lowest BCUT2D eigenvalue weighted by Crippen LogP contribution is -2.57. The van der Waals surface area contributed by atoms with E-state index in [0.717, 1.165) is 106 Å². The molecule has 0 saturated carbocycles. The fourth-order valence-electron chi connectivity index (χ4n) is 12.6. The molecule has 2 bridgehead atoms. The first kappa shape index (κ1) is 59.3. The lowest BCUT2D eigenvalue weighted by molar-refractivity contribution is -0.144. The van der Waals surface area contributed by atoms with Gasteiger partial charge in [-0.2, -0.15) is 9.97 Å².